The van der Waals surface area contributed by atoms with Crippen LogP contribution in [0.5, 0.6) is 0 Å². The number of amidine groups is 1. The summed E-state index contributed by atoms with van der Waals surface area (Å²) in [7, 11) is 1.94. The number of nitrogens with zero attached hydrogens (tertiary/aromatic N) is 3. The Balaban J connectivity index is 2.03. The average Bonchev–Trinajstić information content (AvgIpc) is 2.61. The minimum atomic E-state index is -1.25. The lowest BCUT2D eigenvalue weighted by Gasteiger charge is -2.36. The summed E-state index contributed by atoms with van der Waals surface area (Å²) in [6.45, 7) is 1.52. The predicted octanol–water partition coefficient (Wildman–Crippen LogP) is 1.69. The molecular formula is C17H19N5O2. The maximum absolute atomic E-state index is 11.5. The van der Waals surface area contributed by atoms with Gasteiger partial charge in [-0.1, -0.05) is 12.1 Å². The molecular weight excluding hydrogens is 306 g/mol. The number of aliphatic carboxylic acids is 1. The number of rotatable bonds is 2. The van der Waals surface area contributed by atoms with Gasteiger partial charge in [-0.2, -0.15) is 5.26 Å². The number of benzene rings is 1. The first kappa shape index (κ1) is 16.0. The van der Waals surface area contributed by atoms with Gasteiger partial charge in [0.1, 0.15) is 11.8 Å². The number of nitrogens with one attached hydrogen (secondary N) is 2. The Hall–Kier alpha value is -2.85. The van der Waals surface area contributed by atoms with Gasteiger partial charge < -0.3 is 20.6 Å². The SMILES string of the molecule is CNC1CCN(C2=Nc3ccccc3NC2=C(C#N)C(=O)O)CC1. The Bertz CT molecular complexity index is 754. The number of hydrogen-bond acceptors (Lipinski definition) is 6. The van der Waals surface area contributed by atoms with Gasteiger partial charge >= 0.3 is 5.97 Å². The van der Waals surface area contributed by atoms with Crippen LogP contribution in [0.1, 0.15) is 12.8 Å². The summed E-state index contributed by atoms with van der Waals surface area (Å²) in [5.74, 6) is -0.723. The lowest BCUT2D eigenvalue weighted by Crippen LogP contribution is -2.46. The Morgan fingerprint density at radius 2 is 2.12 bits per heavy atom. The van der Waals surface area contributed by atoms with Crippen molar-refractivity contribution in [3.8, 4) is 6.07 Å². The van der Waals surface area contributed by atoms with Crippen molar-refractivity contribution in [3.63, 3.8) is 0 Å². The average molecular weight is 325 g/mol. The minimum absolute atomic E-state index is 0.270. The van der Waals surface area contributed by atoms with Gasteiger partial charge in [-0.15, -0.1) is 0 Å². The molecule has 0 spiro atoms. The molecule has 3 N–H and O–H groups in total. The second-order valence-corrected chi connectivity index (χ2v) is 5.79. The van der Waals surface area contributed by atoms with Crippen LogP contribution < -0.4 is 10.6 Å². The van der Waals surface area contributed by atoms with Crippen LogP contribution in [0.25, 0.3) is 0 Å². The normalized spacial score (nSPS) is 19.7. The number of fused-ring (bicyclic) bond motifs is 1. The first-order valence-corrected chi connectivity index (χ1v) is 7.89. The van der Waals surface area contributed by atoms with E-state index in [1.165, 1.54) is 0 Å². The van der Waals surface area contributed by atoms with Crippen LogP contribution in [0, 0.1) is 11.3 Å². The van der Waals surface area contributed by atoms with Gasteiger partial charge in [-0.25, -0.2) is 9.79 Å². The Labute approximate surface area is 140 Å². The molecule has 0 unspecified atom stereocenters. The quantitative estimate of drug-likeness (QED) is 0.565. The van der Waals surface area contributed by atoms with E-state index < -0.39 is 5.97 Å². The molecule has 0 aliphatic carbocycles. The third kappa shape index (κ3) is 2.96. The lowest BCUT2D eigenvalue weighted by molar-refractivity contribution is -0.132. The molecule has 24 heavy (non-hydrogen) atoms. The molecule has 1 aromatic carbocycles. The summed E-state index contributed by atoms with van der Waals surface area (Å²) in [5, 5.41) is 25.0. The van der Waals surface area contributed by atoms with Crippen molar-refractivity contribution in [2.45, 2.75) is 18.9 Å². The van der Waals surface area contributed by atoms with Crippen LogP contribution in [-0.4, -0.2) is 48.0 Å². The van der Waals surface area contributed by atoms with Crippen LogP contribution in [-0.2, 0) is 4.79 Å². The van der Waals surface area contributed by atoms with E-state index in [0.717, 1.165) is 31.6 Å². The number of carboxylic acid groups (broad SMARTS) is 1. The monoisotopic (exact) mass is 325 g/mol. The molecule has 0 radical (unpaired) electrons. The van der Waals surface area contributed by atoms with Crippen molar-refractivity contribution < 1.29 is 9.90 Å². The highest BCUT2D eigenvalue weighted by molar-refractivity contribution is 6.12. The molecule has 0 amide bonds. The molecule has 2 heterocycles. The predicted molar refractivity (Wildman–Crippen MR) is 91.1 cm³/mol. The molecule has 3 rings (SSSR count). The van der Waals surface area contributed by atoms with Crippen LogP contribution >= 0.6 is 0 Å². The summed E-state index contributed by atoms with van der Waals surface area (Å²) in [5.41, 5.74) is 1.40. The molecule has 0 aromatic heterocycles. The molecule has 7 nitrogen and oxygen atoms in total. The maximum Gasteiger partial charge on any atom is 0.348 e. The topological polar surface area (TPSA) is 101 Å². The number of hydrogen-bond donors (Lipinski definition) is 3. The Morgan fingerprint density at radius 1 is 1.42 bits per heavy atom. The molecule has 1 fully saturated rings. The van der Waals surface area contributed by atoms with E-state index in [1.807, 2.05) is 36.2 Å². The van der Waals surface area contributed by atoms with Crippen LogP contribution in [0.15, 0.2) is 40.5 Å². The third-order valence-corrected chi connectivity index (χ3v) is 4.39. The van der Waals surface area contributed by atoms with E-state index in [-0.39, 0.29) is 11.3 Å². The standard InChI is InChI=1S/C17H19N5O2/c1-19-11-6-8-22(9-7-11)16-15(12(10-18)17(23)24)20-13-4-2-3-5-14(13)21-16/h2-5,11,19-20H,6-9H2,1H3,(H,23,24). The van der Waals surface area contributed by atoms with Crippen LogP contribution in [0.4, 0.5) is 11.4 Å². The Morgan fingerprint density at radius 3 is 2.75 bits per heavy atom. The van der Waals surface area contributed by atoms with E-state index in [4.69, 9.17) is 0 Å². The van der Waals surface area contributed by atoms with Gasteiger partial charge in [0.2, 0.25) is 0 Å². The van der Waals surface area contributed by atoms with Crippen molar-refractivity contribution in [3.05, 3.63) is 35.5 Å². The fourth-order valence-corrected chi connectivity index (χ4v) is 3.03. The molecule has 2 aliphatic heterocycles. The molecule has 7 heteroatoms. The van der Waals surface area contributed by atoms with Gasteiger partial charge in [-0.05, 0) is 32.0 Å². The number of nitriles is 1. The van der Waals surface area contributed by atoms with Gasteiger partial charge in [-0.3, -0.25) is 0 Å². The highest BCUT2D eigenvalue weighted by Crippen LogP contribution is 2.33. The number of piperidine rings is 1. The zero-order valence-electron chi connectivity index (χ0n) is 13.4. The molecule has 124 valence electrons. The van der Waals surface area contributed by atoms with Crippen molar-refractivity contribution in [2.24, 2.45) is 4.99 Å². The Kier molecular flexibility index (Phi) is 4.49. The number of anilines is 1. The van der Waals surface area contributed by atoms with Gasteiger partial charge in [0.25, 0.3) is 0 Å². The molecule has 0 saturated carbocycles. The van der Waals surface area contributed by atoms with Crippen LogP contribution in [0.3, 0.4) is 0 Å². The highest BCUT2D eigenvalue weighted by Gasteiger charge is 2.29. The smallest absolute Gasteiger partial charge is 0.348 e. The largest absolute Gasteiger partial charge is 0.477 e. The second kappa shape index (κ2) is 6.72. The van der Waals surface area contributed by atoms with E-state index in [9.17, 15) is 15.2 Å². The first-order chi connectivity index (χ1) is 11.6. The van der Waals surface area contributed by atoms with E-state index in [1.54, 1.807) is 6.07 Å². The number of para-hydroxylation sites is 2. The van der Waals surface area contributed by atoms with Crippen molar-refractivity contribution in [1.82, 2.24) is 10.2 Å². The molecule has 1 aromatic rings. The van der Waals surface area contributed by atoms with E-state index in [2.05, 4.69) is 15.6 Å². The first-order valence-electron chi connectivity index (χ1n) is 7.89. The summed E-state index contributed by atoms with van der Waals surface area (Å²) in [6.07, 6.45) is 1.89. The number of carboxylic acids is 1. The molecule has 0 atom stereocenters. The maximum atomic E-state index is 11.5. The zero-order chi connectivity index (χ0) is 17.1. The highest BCUT2D eigenvalue weighted by atomic mass is 16.4. The fraction of sp³-hybridized carbons (Fsp3) is 0.353. The molecule has 1 saturated heterocycles. The van der Waals surface area contributed by atoms with Gasteiger partial charge in [0.05, 0.1) is 11.4 Å². The van der Waals surface area contributed by atoms with E-state index in [0.29, 0.717) is 17.6 Å². The number of carbonyl (C=O) groups is 1. The fourth-order valence-electron chi connectivity index (χ4n) is 3.03. The van der Waals surface area contributed by atoms with Crippen molar-refractivity contribution >= 4 is 23.2 Å². The van der Waals surface area contributed by atoms with Gasteiger partial charge in [0.15, 0.2) is 11.4 Å². The second-order valence-electron chi connectivity index (χ2n) is 5.79. The van der Waals surface area contributed by atoms with E-state index >= 15 is 0 Å². The zero-order valence-corrected chi connectivity index (χ0v) is 13.4. The lowest BCUT2D eigenvalue weighted by atomic mass is 10.0. The molecule has 2 aliphatic rings. The summed E-state index contributed by atoms with van der Waals surface area (Å²) >= 11 is 0. The van der Waals surface area contributed by atoms with Crippen molar-refractivity contribution in [2.75, 3.05) is 25.5 Å². The summed E-state index contributed by atoms with van der Waals surface area (Å²) in [4.78, 5) is 18.2. The summed E-state index contributed by atoms with van der Waals surface area (Å²) < 4.78 is 0. The molecule has 0 bridgehead atoms. The van der Waals surface area contributed by atoms with Gasteiger partial charge in [0, 0.05) is 19.1 Å². The van der Waals surface area contributed by atoms with Crippen LogP contribution in [0.2, 0.25) is 0 Å². The minimum Gasteiger partial charge on any atom is -0.477 e. The number of aliphatic imine (C=N–C) groups is 1. The third-order valence-electron chi connectivity index (χ3n) is 4.39. The number of likely N-dealkylation sites (tertiary alicyclic amines) is 1. The van der Waals surface area contributed by atoms with Crippen molar-refractivity contribution in [1.29, 1.82) is 5.26 Å². The summed E-state index contributed by atoms with van der Waals surface area (Å²) in [6, 6.07) is 9.65.